The van der Waals surface area contributed by atoms with Gasteiger partial charge in [0.1, 0.15) is 5.82 Å². The molecule has 0 atom stereocenters. The number of aryl methyl sites for hydroxylation is 1. The number of pyridine rings is 1. The summed E-state index contributed by atoms with van der Waals surface area (Å²) >= 11 is 0. The zero-order valence-corrected chi connectivity index (χ0v) is 14.0. The van der Waals surface area contributed by atoms with Crippen LogP contribution in [0.1, 0.15) is 15.9 Å². The van der Waals surface area contributed by atoms with Gasteiger partial charge in [-0.2, -0.15) is 0 Å². The van der Waals surface area contributed by atoms with Gasteiger partial charge in [0.25, 0.3) is 5.91 Å². The fourth-order valence-corrected chi connectivity index (χ4v) is 2.80. The van der Waals surface area contributed by atoms with Gasteiger partial charge in [0, 0.05) is 29.1 Å². The van der Waals surface area contributed by atoms with Crippen LogP contribution in [-0.2, 0) is 0 Å². The van der Waals surface area contributed by atoms with E-state index in [2.05, 4.69) is 20.3 Å². The van der Waals surface area contributed by atoms with E-state index in [-0.39, 0.29) is 11.8 Å². The molecule has 3 N–H and O–H groups in total. The summed E-state index contributed by atoms with van der Waals surface area (Å²) in [7, 11) is 0. The number of aromatic nitrogens is 3. The summed E-state index contributed by atoms with van der Waals surface area (Å²) in [4.78, 5) is 24.0. The van der Waals surface area contributed by atoms with Gasteiger partial charge < -0.3 is 15.4 Å². The lowest BCUT2D eigenvalue weighted by atomic mass is 10.1. The molecule has 0 aliphatic rings. The second-order valence-corrected chi connectivity index (χ2v) is 5.99. The van der Waals surface area contributed by atoms with Crippen LogP contribution in [0.2, 0.25) is 0 Å². The third-order valence-electron chi connectivity index (χ3n) is 4.15. The number of carbonyl (C=O) groups is 1. The van der Waals surface area contributed by atoms with Gasteiger partial charge in [-0.15, -0.1) is 0 Å². The number of H-pyrrole nitrogens is 1. The first-order chi connectivity index (χ1) is 12.6. The Morgan fingerprint density at radius 1 is 1.12 bits per heavy atom. The number of aromatic hydroxyl groups is 1. The highest BCUT2D eigenvalue weighted by atomic mass is 16.3. The molecule has 2 aromatic carbocycles. The molecule has 2 heterocycles. The number of imidazole rings is 1. The minimum absolute atomic E-state index is 0.190. The number of carbonyl (C=O) groups excluding carboxylic acids is 1. The fourth-order valence-electron chi connectivity index (χ4n) is 2.80. The lowest BCUT2D eigenvalue weighted by Gasteiger charge is -2.09. The van der Waals surface area contributed by atoms with E-state index in [1.165, 1.54) is 12.3 Å². The highest BCUT2D eigenvalue weighted by molar-refractivity contribution is 6.04. The lowest BCUT2D eigenvalue weighted by Crippen LogP contribution is -2.12. The largest absolute Gasteiger partial charge is 0.493 e. The monoisotopic (exact) mass is 344 g/mol. The molecule has 0 saturated carbocycles. The quantitative estimate of drug-likeness (QED) is 0.526. The number of nitrogens with one attached hydrogen (secondary N) is 2. The van der Waals surface area contributed by atoms with Crippen LogP contribution >= 0.6 is 0 Å². The maximum Gasteiger partial charge on any atom is 0.255 e. The van der Waals surface area contributed by atoms with Crippen LogP contribution in [0.25, 0.3) is 22.4 Å². The van der Waals surface area contributed by atoms with Gasteiger partial charge >= 0.3 is 0 Å². The number of anilines is 1. The summed E-state index contributed by atoms with van der Waals surface area (Å²) in [5.41, 5.74) is 4.79. The van der Waals surface area contributed by atoms with E-state index in [9.17, 15) is 9.90 Å². The minimum atomic E-state index is -0.317. The molecule has 0 spiro atoms. The predicted octanol–water partition coefficient (Wildman–Crippen LogP) is 3.89. The number of nitrogens with zero attached hydrogens (tertiary/aromatic N) is 2. The van der Waals surface area contributed by atoms with Crippen molar-refractivity contribution >= 4 is 22.6 Å². The van der Waals surface area contributed by atoms with E-state index in [1.807, 2.05) is 49.4 Å². The van der Waals surface area contributed by atoms with E-state index in [4.69, 9.17) is 0 Å². The summed E-state index contributed by atoms with van der Waals surface area (Å²) in [6, 6.07) is 16.3. The smallest absolute Gasteiger partial charge is 0.255 e. The molecule has 4 aromatic rings. The predicted molar refractivity (Wildman–Crippen MR) is 100 cm³/mol. The Hall–Kier alpha value is -3.67. The van der Waals surface area contributed by atoms with Crippen LogP contribution in [0, 0.1) is 6.92 Å². The molecule has 128 valence electrons. The van der Waals surface area contributed by atoms with Crippen LogP contribution < -0.4 is 5.32 Å². The number of fused-ring (bicyclic) bond motifs is 1. The van der Waals surface area contributed by atoms with Crippen LogP contribution in [0.3, 0.4) is 0 Å². The normalized spacial score (nSPS) is 10.8. The fraction of sp³-hybridized carbons (Fsp3) is 0.0500. The van der Waals surface area contributed by atoms with Gasteiger partial charge in [-0.1, -0.05) is 18.2 Å². The highest BCUT2D eigenvalue weighted by Gasteiger charge is 2.11. The molecule has 0 aliphatic carbocycles. The van der Waals surface area contributed by atoms with E-state index in [0.29, 0.717) is 11.3 Å². The van der Waals surface area contributed by atoms with Crippen molar-refractivity contribution < 1.29 is 9.90 Å². The van der Waals surface area contributed by atoms with E-state index in [1.54, 1.807) is 6.07 Å². The molecule has 2 aromatic heterocycles. The van der Waals surface area contributed by atoms with Crippen molar-refractivity contribution in [3.05, 3.63) is 71.9 Å². The molecule has 6 nitrogen and oxygen atoms in total. The molecule has 1 amide bonds. The summed E-state index contributed by atoms with van der Waals surface area (Å²) in [6.45, 7) is 2.00. The molecule has 6 heteroatoms. The molecule has 0 unspecified atom stereocenters. The van der Waals surface area contributed by atoms with Crippen molar-refractivity contribution in [3.8, 4) is 17.3 Å². The molecule has 0 aliphatic heterocycles. The number of aromatic amines is 1. The average Bonchev–Trinajstić information content (AvgIpc) is 3.07. The molecular weight excluding hydrogens is 328 g/mol. The zero-order chi connectivity index (χ0) is 18.1. The molecule has 26 heavy (non-hydrogen) atoms. The van der Waals surface area contributed by atoms with Crippen molar-refractivity contribution in [1.29, 1.82) is 0 Å². The molecule has 0 saturated heterocycles. The van der Waals surface area contributed by atoms with Crippen molar-refractivity contribution in [2.24, 2.45) is 0 Å². The second kappa shape index (κ2) is 6.33. The first-order valence-electron chi connectivity index (χ1n) is 8.12. The van der Waals surface area contributed by atoms with Crippen LogP contribution in [0.15, 0.2) is 60.8 Å². The Kier molecular flexibility index (Phi) is 3.85. The van der Waals surface area contributed by atoms with E-state index < -0.39 is 0 Å². The third kappa shape index (κ3) is 3.00. The Morgan fingerprint density at radius 2 is 1.96 bits per heavy atom. The van der Waals surface area contributed by atoms with Gasteiger partial charge in [0.15, 0.2) is 0 Å². The van der Waals surface area contributed by atoms with Crippen LogP contribution in [0.5, 0.6) is 5.88 Å². The molecule has 0 fully saturated rings. The van der Waals surface area contributed by atoms with Crippen molar-refractivity contribution in [3.63, 3.8) is 0 Å². The van der Waals surface area contributed by atoms with E-state index in [0.717, 1.165) is 28.0 Å². The Bertz CT molecular complexity index is 1080. The number of hydrogen-bond acceptors (Lipinski definition) is 4. The summed E-state index contributed by atoms with van der Waals surface area (Å²) < 4.78 is 0. The molecule has 0 radical (unpaired) electrons. The Labute approximate surface area is 149 Å². The number of hydrogen-bond donors (Lipinski definition) is 3. The molecule has 4 rings (SSSR count). The topological polar surface area (TPSA) is 90.9 Å². The van der Waals surface area contributed by atoms with Crippen molar-refractivity contribution in [2.45, 2.75) is 6.92 Å². The average molecular weight is 344 g/mol. The number of para-hydroxylation sites is 2. The maximum absolute atomic E-state index is 12.4. The standard InChI is InChI=1S/C20H16N4O2/c1-12-6-7-14(22-20(26)13-8-9-21-18(25)10-13)11-15(12)19-23-16-4-2-3-5-17(16)24-19/h2-11H,1H3,(H,21,25)(H,22,26)(H,23,24). The van der Waals surface area contributed by atoms with Crippen molar-refractivity contribution in [1.82, 2.24) is 15.0 Å². The van der Waals surface area contributed by atoms with Crippen LogP contribution in [-0.4, -0.2) is 26.0 Å². The van der Waals surface area contributed by atoms with Gasteiger partial charge in [-0.3, -0.25) is 4.79 Å². The van der Waals surface area contributed by atoms with Gasteiger partial charge in [-0.25, -0.2) is 9.97 Å². The molecular formula is C20H16N4O2. The van der Waals surface area contributed by atoms with Crippen molar-refractivity contribution in [2.75, 3.05) is 5.32 Å². The Morgan fingerprint density at radius 3 is 2.77 bits per heavy atom. The second-order valence-electron chi connectivity index (χ2n) is 5.99. The third-order valence-corrected chi connectivity index (χ3v) is 4.15. The number of benzene rings is 2. The highest BCUT2D eigenvalue weighted by Crippen LogP contribution is 2.26. The van der Waals surface area contributed by atoms with Gasteiger partial charge in [0.2, 0.25) is 5.88 Å². The summed E-state index contributed by atoms with van der Waals surface area (Å²) in [5, 5.41) is 12.3. The summed E-state index contributed by atoms with van der Waals surface area (Å²) in [6.07, 6.45) is 1.39. The zero-order valence-electron chi connectivity index (χ0n) is 14.0. The SMILES string of the molecule is Cc1ccc(NC(=O)c2ccnc(O)c2)cc1-c1nc2ccccc2[nH]1. The molecule has 0 bridgehead atoms. The Balaban J connectivity index is 1.67. The minimum Gasteiger partial charge on any atom is -0.493 e. The first-order valence-corrected chi connectivity index (χ1v) is 8.12. The lowest BCUT2D eigenvalue weighted by molar-refractivity contribution is 0.102. The summed E-state index contributed by atoms with van der Waals surface area (Å²) in [5.74, 6) is 0.244. The van der Waals surface area contributed by atoms with E-state index >= 15 is 0 Å². The van der Waals surface area contributed by atoms with Gasteiger partial charge in [-0.05, 0) is 42.8 Å². The number of rotatable bonds is 3. The maximum atomic E-state index is 12.4. The first kappa shape index (κ1) is 15.8. The van der Waals surface area contributed by atoms with Crippen LogP contribution in [0.4, 0.5) is 5.69 Å². The van der Waals surface area contributed by atoms with Gasteiger partial charge in [0.05, 0.1) is 11.0 Å². The number of amides is 1.